The van der Waals surface area contributed by atoms with Crippen LogP contribution in [0.2, 0.25) is 0 Å². The molecule has 4 nitrogen and oxygen atoms in total. The van der Waals surface area contributed by atoms with Gasteiger partial charge in [0.1, 0.15) is 13.2 Å². The van der Waals surface area contributed by atoms with Crippen molar-refractivity contribution in [2.45, 2.75) is 0 Å². The summed E-state index contributed by atoms with van der Waals surface area (Å²) in [5.74, 6) is 0. The Bertz CT molecular complexity index is 128. The van der Waals surface area contributed by atoms with Gasteiger partial charge in [0.2, 0.25) is 0 Å². The van der Waals surface area contributed by atoms with Crippen LogP contribution >= 0.6 is 0 Å². The lowest BCUT2D eigenvalue weighted by molar-refractivity contribution is -0.870. The Kier molecular flexibility index (Phi) is 3.89. The van der Waals surface area contributed by atoms with E-state index in [2.05, 4.69) is 4.74 Å². The second-order valence-electron chi connectivity index (χ2n) is 3.32. The summed E-state index contributed by atoms with van der Waals surface area (Å²) < 4.78 is 9.76. The molecule has 0 rings (SSSR count). The number of hydrogen-bond donors (Lipinski definition) is 0. The zero-order chi connectivity index (χ0) is 8.91. The Balaban J connectivity index is 3.35. The summed E-state index contributed by atoms with van der Waals surface area (Å²) in [5.41, 5.74) is 0. The molecule has 0 heterocycles. The number of hydrogen-bond acceptors (Lipinski definition) is 3. The minimum Gasteiger partial charge on any atom is -0.438 e. The Morgan fingerprint density at radius 1 is 1.36 bits per heavy atom. The normalized spacial score (nSPS) is 10.9. The van der Waals surface area contributed by atoms with Crippen molar-refractivity contribution in [3.8, 4) is 0 Å². The molecule has 0 saturated carbocycles. The average Bonchev–Trinajstić information content (AvgIpc) is 1.85. The maximum atomic E-state index is 10.4. The molecule has 0 aromatic carbocycles. The molecule has 0 aliphatic heterocycles. The van der Waals surface area contributed by atoms with Gasteiger partial charge in [0.05, 0.1) is 28.3 Å². The van der Waals surface area contributed by atoms with Gasteiger partial charge in [0.25, 0.3) is 0 Å². The fourth-order valence-electron chi connectivity index (χ4n) is 0.462. The number of likely N-dealkylation sites (N-methyl/N-ethyl adjacent to an activating group) is 1. The number of methoxy groups -OCH3 is 1. The zero-order valence-electron chi connectivity index (χ0n) is 7.59. The summed E-state index contributed by atoms with van der Waals surface area (Å²) in [6.07, 6.45) is -0.613. The van der Waals surface area contributed by atoms with E-state index in [-0.39, 0.29) is 0 Å². The fraction of sp³-hybridized carbons (Fsp3) is 0.857. The van der Waals surface area contributed by atoms with Crippen molar-refractivity contribution >= 4 is 6.16 Å². The van der Waals surface area contributed by atoms with Crippen molar-refractivity contribution in [3.05, 3.63) is 0 Å². The van der Waals surface area contributed by atoms with E-state index in [4.69, 9.17) is 4.74 Å². The molecule has 0 aromatic heterocycles. The molecule has 0 bridgehead atoms. The lowest BCUT2D eigenvalue weighted by Crippen LogP contribution is -2.37. The van der Waals surface area contributed by atoms with E-state index < -0.39 is 6.16 Å². The van der Waals surface area contributed by atoms with Crippen molar-refractivity contribution in [2.75, 3.05) is 41.4 Å². The van der Waals surface area contributed by atoms with Crippen LogP contribution < -0.4 is 0 Å². The van der Waals surface area contributed by atoms with Gasteiger partial charge in [-0.2, -0.15) is 0 Å². The molecule has 0 aliphatic rings. The van der Waals surface area contributed by atoms with Gasteiger partial charge in [-0.25, -0.2) is 4.79 Å². The van der Waals surface area contributed by atoms with Crippen molar-refractivity contribution in [3.63, 3.8) is 0 Å². The van der Waals surface area contributed by atoms with Crippen LogP contribution in [0.3, 0.4) is 0 Å². The van der Waals surface area contributed by atoms with E-state index in [1.54, 1.807) is 0 Å². The van der Waals surface area contributed by atoms with Crippen molar-refractivity contribution in [2.24, 2.45) is 0 Å². The standard InChI is InChI=1S/C7H16NO3/c1-8(2,3)5-6-11-7(9)10-4/h5-6H2,1-4H3/q+1. The molecule has 0 N–H and O–H groups in total. The molecule has 0 saturated heterocycles. The Morgan fingerprint density at radius 3 is 2.27 bits per heavy atom. The topological polar surface area (TPSA) is 35.5 Å². The summed E-state index contributed by atoms with van der Waals surface area (Å²) >= 11 is 0. The van der Waals surface area contributed by atoms with Crippen molar-refractivity contribution < 1.29 is 18.8 Å². The third-order valence-corrected chi connectivity index (χ3v) is 1.15. The Labute approximate surface area is 67.3 Å². The first-order valence-corrected chi connectivity index (χ1v) is 3.47. The molecule has 0 fully saturated rings. The highest BCUT2D eigenvalue weighted by atomic mass is 16.7. The van der Waals surface area contributed by atoms with Crippen LogP contribution in [-0.2, 0) is 9.47 Å². The van der Waals surface area contributed by atoms with E-state index in [1.165, 1.54) is 7.11 Å². The monoisotopic (exact) mass is 162 g/mol. The average molecular weight is 162 g/mol. The van der Waals surface area contributed by atoms with Crippen LogP contribution in [-0.4, -0.2) is 52.0 Å². The number of ether oxygens (including phenoxy) is 2. The maximum Gasteiger partial charge on any atom is 0.508 e. The van der Waals surface area contributed by atoms with Crippen LogP contribution in [0, 0.1) is 0 Å². The van der Waals surface area contributed by atoms with Gasteiger partial charge in [-0.05, 0) is 0 Å². The van der Waals surface area contributed by atoms with Crippen molar-refractivity contribution in [1.82, 2.24) is 0 Å². The molecule has 66 valence electrons. The van der Waals surface area contributed by atoms with Gasteiger partial charge in [-0.15, -0.1) is 0 Å². The first kappa shape index (κ1) is 10.2. The molecule has 0 atom stereocenters. The Hall–Kier alpha value is -0.770. The van der Waals surface area contributed by atoms with E-state index in [0.29, 0.717) is 6.61 Å². The molecule has 0 aliphatic carbocycles. The number of carbonyl (C=O) groups is 1. The highest BCUT2D eigenvalue weighted by Gasteiger charge is 2.08. The SMILES string of the molecule is COC(=O)OCC[N+](C)(C)C. The van der Waals surface area contributed by atoms with Crippen LogP contribution in [0.25, 0.3) is 0 Å². The minimum absolute atomic E-state index is 0.399. The quantitative estimate of drug-likeness (QED) is 0.447. The number of nitrogens with zero attached hydrogens (tertiary/aromatic N) is 1. The van der Waals surface area contributed by atoms with E-state index in [9.17, 15) is 4.79 Å². The fourth-order valence-corrected chi connectivity index (χ4v) is 0.462. The molecule has 0 spiro atoms. The van der Waals surface area contributed by atoms with Gasteiger partial charge in [0.15, 0.2) is 0 Å². The highest BCUT2D eigenvalue weighted by molar-refractivity contribution is 5.59. The lowest BCUT2D eigenvalue weighted by atomic mass is 10.5. The molecule has 4 heteroatoms. The minimum atomic E-state index is -0.613. The van der Waals surface area contributed by atoms with E-state index in [1.807, 2.05) is 21.1 Å². The molecule has 0 aromatic rings. The van der Waals surface area contributed by atoms with Crippen LogP contribution in [0.15, 0.2) is 0 Å². The lowest BCUT2D eigenvalue weighted by Gasteiger charge is -2.22. The number of quaternary nitrogens is 1. The number of carbonyl (C=O) groups excluding carboxylic acids is 1. The first-order chi connectivity index (χ1) is 4.95. The smallest absolute Gasteiger partial charge is 0.438 e. The van der Waals surface area contributed by atoms with Gasteiger partial charge in [-0.1, -0.05) is 0 Å². The summed E-state index contributed by atoms with van der Waals surface area (Å²) in [6.45, 7) is 1.19. The largest absolute Gasteiger partial charge is 0.508 e. The predicted octanol–water partition coefficient (Wildman–Crippen LogP) is 0.476. The number of rotatable bonds is 3. The summed E-state index contributed by atoms with van der Waals surface area (Å²) in [4.78, 5) is 10.4. The highest BCUT2D eigenvalue weighted by Crippen LogP contribution is 1.90. The summed E-state index contributed by atoms with van der Waals surface area (Å²) in [5, 5.41) is 0. The molecule has 0 unspecified atom stereocenters. The molecule has 0 radical (unpaired) electrons. The van der Waals surface area contributed by atoms with Crippen LogP contribution in [0.5, 0.6) is 0 Å². The third kappa shape index (κ3) is 7.12. The van der Waals surface area contributed by atoms with Gasteiger partial charge in [-0.3, -0.25) is 0 Å². The molecular weight excluding hydrogens is 146 g/mol. The van der Waals surface area contributed by atoms with E-state index in [0.717, 1.165) is 11.0 Å². The van der Waals surface area contributed by atoms with Gasteiger partial charge >= 0.3 is 6.16 Å². The zero-order valence-corrected chi connectivity index (χ0v) is 7.59. The first-order valence-electron chi connectivity index (χ1n) is 3.47. The van der Waals surface area contributed by atoms with E-state index >= 15 is 0 Å². The van der Waals surface area contributed by atoms with Crippen LogP contribution in [0.1, 0.15) is 0 Å². The Morgan fingerprint density at radius 2 is 1.91 bits per heavy atom. The van der Waals surface area contributed by atoms with Crippen LogP contribution in [0.4, 0.5) is 4.79 Å². The summed E-state index contributed by atoms with van der Waals surface area (Å²) in [7, 11) is 7.39. The third-order valence-electron chi connectivity index (χ3n) is 1.15. The maximum absolute atomic E-state index is 10.4. The second kappa shape index (κ2) is 4.18. The molecule has 11 heavy (non-hydrogen) atoms. The van der Waals surface area contributed by atoms with Crippen molar-refractivity contribution in [1.29, 1.82) is 0 Å². The summed E-state index contributed by atoms with van der Waals surface area (Å²) in [6, 6.07) is 0. The predicted molar refractivity (Wildman–Crippen MR) is 41.3 cm³/mol. The van der Waals surface area contributed by atoms with Gasteiger partial charge < -0.3 is 14.0 Å². The molecular formula is C7H16NO3+. The van der Waals surface area contributed by atoms with Gasteiger partial charge in [0, 0.05) is 0 Å². The molecule has 0 amide bonds. The second-order valence-corrected chi connectivity index (χ2v) is 3.32.